The first-order valence-electron chi connectivity index (χ1n) is 3.96. The highest BCUT2D eigenvalue weighted by atomic mass is 16.1. The summed E-state index contributed by atoms with van der Waals surface area (Å²) in [6.07, 6.45) is 6.56. The van der Waals surface area contributed by atoms with Crippen LogP contribution in [0, 0.1) is 0 Å². The Hall–Kier alpha value is -1.05. The number of Topliss-reactive ketones (excluding diaryl/α,β-unsaturated/α-hetero) is 1. The highest BCUT2D eigenvalue weighted by molar-refractivity contribution is 5.98. The average molecular weight is 153 g/mol. The lowest BCUT2D eigenvalue weighted by atomic mass is 10.0. The number of rotatable bonds is 0. The smallest absolute Gasteiger partial charge is 0.164 e. The summed E-state index contributed by atoms with van der Waals surface area (Å²) in [5, 5.41) is 0. The summed E-state index contributed by atoms with van der Waals surface area (Å²) in [7, 11) is 0. The molecule has 0 aromatic heterocycles. The Morgan fingerprint density at radius 3 is 2.55 bits per heavy atom. The van der Waals surface area contributed by atoms with E-state index in [1.54, 1.807) is 6.08 Å². The first kappa shape index (κ1) is 9.95. The van der Waals surface area contributed by atoms with Crippen LogP contribution in [0.15, 0.2) is 23.9 Å². The van der Waals surface area contributed by atoms with Gasteiger partial charge in [-0.15, -0.1) is 0 Å². The normalized spacial score (nSPS) is 19.5. The molecule has 0 spiro atoms. The van der Waals surface area contributed by atoms with E-state index in [1.165, 1.54) is 6.20 Å². The molecule has 62 valence electrons. The molecular formula is C9H15NO. The van der Waals surface area contributed by atoms with Crippen LogP contribution in [0.1, 0.15) is 26.7 Å². The molecule has 2 N–H and O–H groups in total. The van der Waals surface area contributed by atoms with Crippen LogP contribution in [0.25, 0.3) is 0 Å². The minimum absolute atomic E-state index is 0.153. The van der Waals surface area contributed by atoms with E-state index in [0.29, 0.717) is 12.0 Å². The second-order valence-electron chi connectivity index (χ2n) is 1.99. The zero-order chi connectivity index (χ0) is 8.69. The van der Waals surface area contributed by atoms with Crippen LogP contribution in [0.5, 0.6) is 0 Å². The third-order valence-electron chi connectivity index (χ3n) is 1.34. The Balaban J connectivity index is 0.000000461. The van der Waals surface area contributed by atoms with Gasteiger partial charge in [0.1, 0.15) is 0 Å². The molecule has 0 amide bonds. The zero-order valence-electron chi connectivity index (χ0n) is 7.13. The van der Waals surface area contributed by atoms with E-state index in [-0.39, 0.29) is 5.78 Å². The monoisotopic (exact) mass is 153 g/mol. The van der Waals surface area contributed by atoms with Crippen LogP contribution in [-0.4, -0.2) is 5.78 Å². The predicted octanol–water partition coefficient (Wildman–Crippen LogP) is 1.77. The van der Waals surface area contributed by atoms with Gasteiger partial charge in [0, 0.05) is 18.2 Å². The van der Waals surface area contributed by atoms with Gasteiger partial charge in [0.15, 0.2) is 5.78 Å². The topological polar surface area (TPSA) is 43.1 Å². The van der Waals surface area contributed by atoms with Crippen LogP contribution in [0.3, 0.4) is 0 Å². The van der Waals surface area contributed by atoms with Gasteiger partial charge in [0.05, 0.1) is 0 Å². The van der Waals surface area contributed by atoms with E-state index in [1.807, 2.05) is 19.9 Å². The van der Waals surface area contributed by atoms with E-state index in [4.69, 9.17) is 5.73 Å². The van der Waals surface area contributed by atoms with E-state index >= 15 is 0 Å². The second kappa shape index (κ2) is 5.71. The fourth-order valence-corrected chi connectivity index (χ4v) is 0.811. The van der Waals surface area contributed by atoms with Crippen LogP contribution >= 0.6 is 0 Å². The maximum Gasteiger partial charge on any atom is 0.164 e. The summed E-state index contributed by atoms with van der Waals surface area (Å²) in [4.78, 5) is 10.8. The third-order valence-corrected chi connectivity index (χ3v) is 1.34. The van der Waals surface area contributed by atoms with Gasteiger partial charge in [-0.3, -0.25) is 4.79 Å². The Kier molecular flexibility index (Phi) is 5.17. The van der Waals surface area contributed by atoms with Gasteiger partial charge in [0.2, 0.25) is 0 Å². The van der Waals surface area contributed by atoms with Gasteiger partial charge < -0.3 is 5.73 Å². The molecule has 2 heteroatoms. The number of nitrogens with two attached hydrogens (primary N) is 1. The summed E-state index contributed by atoms with van der Waals surface area (Å²) in [6, 6.07) is 0. The largest absolute Gasteiger partial charge is 0.404 e. The van der Waals surface area contributed by atoms with Crippen LogP contribution in [-0.2, 0) is 4.79 Å². The minimum Gasteiger partial charge on any atom is -0.404 e. The molecule has 0 aliphatic heterocycles. The number of hydrogen-bond donors (Lipinski definition) is 1. The predicted molar refractivity (Wildman–Crippen MR) is 47.0 cm³/mol. The highest BCUT2D eigenvalue weighted by Crippen LogP contribution is 2.10. The summed E-state index contributed by atoms with van der Waals surface area (Å²) in [6.45, 7) is 4.00. The second-order valence-corrected chi connectivity index (χ2v) is 1.99. The molecule has 2 nitrogen and oxygen atoms in total. The lowest BCUT2D eigenvalue weighted by molar-refractivity contribution is -0.115. The molecule has 0 bridgehead atoms. The van der Waals surface area contributed by atoms with E-state index in [9.17, 15) is 4.79 Å². The summed E-state index contributed by atoms with van der Waals surface area (Å²) >= 11 is 0. The first-order valence-corrected chi connectivity index (χ1v) is 3.96. The first-order chi connectivity index (χ1) is 5.34. The summed E-state index contributed by atoms with van der Waals surface area (Å²) in [5.74, 6) is 0.153. The Morgan fingerprint density at radius 1 is 1.55 bits per heavy atom. The summed E-state index contributed by atoms with van der Waals surface area (Å²) < 4.78 is 0. The van der Waals surface area contributed by atoms with Crippen molar-refractivity contribution in [3.63, 3.8) is 0 Å². The Labute approximate surface area is 67.8 Å². The van der Waals surface area contributed by atoms with Crippen molar-refractivity contribution in [1.82, 2.24) is 0 Å². The third kappa shape index (κ3) is 3.03. The number of ketones is 1. The zero-order valence-corrected chi connectivity index (χ0v) is 7.13. The molecule has 1 aliphatic carbocycles. The van der Waals surface area contributed by atoms with E-state index in [2.05, 4.69) is 0 Å². The minimum atomic E-state index is 0.153. The molecule has 0 saturated carbocycles. The molecule has 0 heterocycles. The molecule has 0 unspecified atom stereocenters. The number of allylic oxidation sites excluding steroid dienone is 3. The molecular weight excluding hydrogens is 138 g/mol. The molecule has 1 aliphatic rings. The fraction of sp³-hybridized carbons (Fsp3) is 0.444. The molecule has 0 fully saturated rings. The van der Waals surface area contributed by atoms with Crippen LogP contribution < -0.4 is 5.73 Å². The van der Waals surface area contributed by atoms with Gasteiger partial charge in [-0.25, -0.2) is 0 Å². The highest BCUT2D eigenvalue weighted by Gasteiger charge is 2.07. The maximum atomic E-state index is 10.8. The van der Waals surface area contributed by atoms with Crippen molar-refractivity contribution < 1.29 is 4.79 Å². The van der Waals surface area contributed by atoms with Crippen molar-refractivity contribution in [2.45, 2.75) is 26.7 Å². The lowest BCUT2D eigenvalue weighted by Crippen LogP contribution is -2.05. The van der Waals surface area contributed by atoms with Gasteiger partial charge in [-0.1, -0.05) is 26.0 Å². The number of hydrogen-bond acceptors (Lipinski definition) is 2. The lowest BCUT2D eigenvalue weighted by Gasteiger charge is -2.03. The van der Waals surface area contributed by atoms with E-state index in [0.717, 1.165) is 6.42 Å². The van der Waals surface area contributed by atoms with E-state index < -0.39 is 0 Å². The van der Waals surface area contributed by atoms with Crippen LogP contribution in [0.4, 0.5) is 0 Å². The van der Waals surface area contributed by atoms with Crippen LogP contribution in [0.2, 0.25) is 0 Å². The van der Waals surface area contributed by atoms with Gasteiger partial charge in [-0.2, -0.15) is 0 Å². The Morgan fingerprint density at radius 2 is 2.18 bits per heavy atom. The van der Waals surface area contributed by atoms with Crippen molar-refractivity contribution in [3.05, 3.63) is 23.9 Å². The average Bonchev–Trinajstić information content (AvgIpc) is 2.09. The summed E-state index contributed by atoms with van der Waals surface area (Å²) in [5.41, 5.74) is 5.80. The fourth-order valence-electron chi connectivity index (χ4n) is 0.811. The van der Waals surface area contributed by atoms with Gasteiger partial charge in [0.25, 0.3) is 0 Å². The molecule has 0 aromatic carbocycles. The number of carbonyl (C=O) groups is 1. The van der Waals surface area contributed by atoms with Crippen molar-refractivity contribution in [1.29, 1.82) is 0 Å². The van der Waals surface area contributed by atoms with Crippen molar-refractivity contribution in [3.8, 4) is 0 Å². The van der Waals surface area contributed by atoms with Gasteiger partial charge >= 0.3 is 0 Å². The molecule has 0 radical (unpaired) electrons. The van der Waals surface area contributed by atoms with Crippen molar-refractivity contribution in [2.75, 3.05) is 0 Å². The molecule has 0 aromatic rings. The van der Waals surface area contributed by atoms with Crippen molar-refractivity contribution >= 4 is 5.78 Å². The molecule has 0 saturated heterocycles. The molecule has 0 atom stereocenters. The maximum absolute atomic E-state index is 10.8. The molecule has 1 rings (SSSR count). The molecule has 11 heavy (non-hydrogen) atoms. The quantitative estimate of drug-likeness (QED) is 0.539. The standard InChI is InChI=1S/C7H9NO.C2H6/c8-5-6-3-1-2-4-7(6)9;1-2/h1,3,5H,2,4,8H2;1-2H3/b6-5-;. The SMILES string of the molecule is CC.N/C=C1/C=CCCC1=O. The van der Waals surface area contributed by atoms with Crippen molar-refractivity contribution in [2.24, 2.45) is 5.73 Å². The van der Waals surface area contributed by atoms with Gasteiger partial charge in [-0.05, 0) is 6.42 Å². The number of carbonyl (C=O) groups excluding carboxylic acids is 1. The Bertz CT molecular complexity index is 180.